The third kappa shape index (κ3) is 3.13. The summed E-state index contributed by atoms with van der Waals surface area (Å²) in [5.74, 6) is 1.23. The highest BCUT2D eigenvalue weighted by Gasteiger charge is 2.41. The van der Waals surface area contributed by atoms with Gasteiger partial charge in [-0.25, -0.2) is 4.79 Å². The van der Waals surface area contributed by atoms with Crippen molar-refractivity contribution in [2.45, 2.75) is 19.0 Å². The van der Waals surface area contributed by atoms with Gasteiger partial charge in [-0.1, -0.05) is 30.3 Å². The lowest BCUT2D eigenvalue weighted by Gasteiger charge is -2.33. The largest absolute Gasteiger partial charge is 0.494 e. The molecule has 2 aliphatic heterocycles. The Kier molecular flexibility index (Phi) is 4.90. The van der Waals surface area contributed by atoms with Crippen LogP contribution in [0, 0.1) is 0 Å². The van der Waals surface area contributed by atoms with Crippen LogP contribution < -0.4 is 30.4 Å². The lowest BCUT2D eigenvalue weighted by molar-refractivity contribution is -0.908. The zero-order valence-corrected chi connectivity index (χ0v) is 17.8. The molecule has 9 nitrogen and oxygen atoms in total. The number of quaternary nitrogens is 1. The molecule has 0 amide bonds. The van der Waals surface area contributed by atoms with Crippen LogP contribution in [0.1, 0.15) is 28.3 Å². The van der Waals surface area contributed by atoms with Crippen LogP contribution in [0.2, 0.25) is 0 Å². The molecule has 0 bridgehead atoms. The van der Waals surface area contributed by atoms with Gasteiger partial charge in [-0.3, -0.25) is 14.3 Å². The summed E-state index contributed by atoms with van der Waals surface area (Å²) in [5, 5.41) is 11.2. The highest BCUT2D eigenvalue weighted by atomic mass is 16.7. The maximum atomic E-state index is 13.0. The van der Waals surface area contributed by atoms with Gasteiger partial charge < -0.3 is 24.2 Å². The second-order valence-electron chi connectivity index (χ2n) is 8.06. The van der Waals surface area contributed by atoms with Crippen LogP contribution in [0.4, 0.5) is 0 Å². The Bertz CT molecular complexity index is 1300. The summed E-state index contributed by atoms with van der Waals surface area (Å²) in [7, 11) is 3.49. The van der Waals surface area contributed by atoms with E-state index in [1.165, 1.54) is 4.57 Å². The summed E-state index contributed by atoms with van der Waals surface area (Å²) >= 11 is 0. The number of aromatic amines is 1. The minimum Gasteiger partial charge on any atom is -0.494 e. The van der Waals surface area contributed by atoms with Gasteiger partial charge in [0.1, 0.15) is 5.56 Å². The van der Waals surface area contributed by atoms with E-state index in [0.29, 0.717) is 17.2 Å². The van der Waals surface area contributed by atoms with Gasteiger partial charge in [0.05, 0.1) is 32.8 Å². The van der Waals surface area contributed by atoms with Crippen LogP contribution >= 0.6 is 0 Å². The number of hydrogen-bond donors (Lipinski definition) is 3. The smallest absolute Gasteiger partial charge is 0.331 e. The summed E-state index contributed by atoms with van der Waals surface area (Å²) in [4.78, 5) is 29.0. The van der Waals surface area contributed by atoms with Crippen molar-refractivity contribution in [2.24, 2.45) is 0 Å². The van der Waals surface area contributed by atoms with Crippen LogP contribution in [0.15, 0.2) is 46.0 Å². The molecule has 2 atom stereocenters. The van der Waals surface area contributed by atoms with Gasteiger partial charge in [-0.2, -0.15) is 0 Å². The van der Waals surface area contributed by atoms with E-state index in [0.717, 1.165) is 34.6 Å². The van der Waals surface area contributed by atoms with E-state index in [2.05, 4.69) is 4.98 Å². The fourth-order valence-corrected chi connectivity index (χ4v) is 4.66. The molecule has 9 heteroatoms. The molecule has 166 valence electrons. The average Bonchev–Trinajstić information content (AvgIpc) is 3.25. The summed E-state index contributed by atoms with van der Waals surface area (Å²) in [5.41, 5.74) is 1.39. The van der Waals surface area contributed by atoms with Crippen molar-refractivity contribution in [3.8, 4) is 23.1 Å². The standard InChI is InChI=1S/C23H23N3O6/c1-25-9-8-14-10-15-19(32-12-31-15)20(30-2)16(14)18(25)17-21(27)24-23(29)26(22(17)28)11-13-6-4-3-5-7-13/h3-7,10,18,28H,8-9,11-12H2,1-2H3,(H,24,27,29)/p+1/t18-/m1/s1. The first kappa shape index (κ1) is 20.2. The molecule has 5 rings (SSSR count). The van der Waals surface area contributed by atoms with Crippen LogP contribution in [-0.2, 0) is 13.0 Å². The zero-order valence-electron chi connectivity index (χ0n) is 17.8. The zero-order chi connectivity index (χ0) is 22.4. The average molecular weight is 438 g/mol. The van der Waals surface area contributed by atoms with Gasteiger partial charge in [-0.15, -0.1) is 0 Å². The second-order valence-corrected chi connectivity index (χ2v) is 8.06. The van der Waals surface area contributed by atoms with E-state index >= 15 is 0 Å². The van der Waals surface area contributed by atoms with Crippen molar-refractivity contribution in [1.29, 1.82) is 0 Å². The van der Waals surface area contributed by atoms with Crippen LogP contribution in [-0.4, -0.2) is 42.2 Å². The molecule has 3 N–H and O–H groups in total. The fraction of sp³-hybridized carbons (Fsp3) is 0.304. The van der Waals surface area contributed by atoms with Crippen LogP contribution in [0.5, 0.6) is 23.1 Å². The van der Waals surface area contributed by atoms with Gasteiger partial charge in [0, 0.05) is 6.42 Å². The predicted molar refractivity (Wildman–Crippen MR) is 115 cm³/mol. The lowest BCUT2D eigenvalue weighted by Crippen LogP contribution is -3.10. The number of rotatable bonds is 4. The Morgan fingerprint density at radius 3 is 2.75 bits per heavy atom. The maximum absolute atomic E-state index is 13.0. The number of fused-ring (bicyclic) bond motifs is 2. The minimum absolute atomic E-state index is 0.0930. The maximum Gasteiger partial charge on any atom is 0.331 e. The Labute approximate surface area is 183 Å². The van der Waals surface area contributed by atoms with Crippen LogP contribution in [0.25, 0.3) is 0 Å². The Morgan fingerprint density at radius 1 is 1.22 bits per heavy atom. The molecule has 3 heterocycles. The Morgan fingerprint density at radius 2 is 2.00 bits per heavy atom. The van der Waals surface area contributed by atoms with Crippen molar-refractivity contribution in [3.05, 3.63) is 79.5 Å². The third-order valence-corrected chi connectivity index (χ3v) is 6.20. The number of nitrogens with zero attached hydrogens (tertiary/aromatic N) is 1. The SMILES string of the molecule is COc1c2c(cc3c1[C@H](c1c(O)n(Cc4ccccc4)c(=O)[nH]c1=O)[NH+](C)CC3)OCO2. The van der Waals surface area contributed by atoms with Gasteiger partial charge in [0.25, 0.3) is 5.56 Å². The monoisotopic (exact) mass is 438 g/mol. The molecule has 1 unspecified atom stereocenters. The molecule has 0 saturated heterocycles. The van der Waals surface area contributed by atoms with Crippen molar-refractivity contribution in [1.82, 2.24) is 9.55 Å². The van der Waals surface area contributed by atoms with Gasteiger partial charge in [0.15, 0.2) is 17.5 Å². The Balaban J connectivity index is 1.72. The van der Waals surface area contributed by atoms with Crippen molar-refractivity contribution in [3.63, 3.8) is 0 Å². The number of aromatic nitrogens is 2. The molecule has 2 aliphatic rings. The van der Waals surface area contributed by atoms with Crippen molar-refractivity contribution >= 4 is 0 Å². The van der Waals surface area contributed by atoms with E-state index in [1.54, 1.807) is 7.11 Å². The topological polar surface area (TPSA) is 107 Å². The summed E-state index contributed by atoms with van der Waals surface area (Å²) in [6.45, 7) is 0.944. The number of methoxy groups -OCH3 is 1. The number of hydrogen-bond acceptors (Lipinski definition) is 6. The summed E-state index contributed by atoms with van der Waals surface area (Å²) in [6, 6.07) is 10.6. The highest BCUT2D eigenvalue weighted by Crippen LogP contribution is 2.48. The number of H-pyrrole nitrogens is 1. The number of ether oxygens (including phenoxy) is 3. The Hall–Kier alpha value is -3.72. The highest BCUT2D eigenvalue weighted by molar-refractivity contribution is 5.62. The molecular weight excluding hydrogens is 414 g/mol. The quantitative estimate of drug-likeness (QED) is 0.537. The van der Waals surface area contributed by atoms with E-state index in [-0.39, 0.29) is 24.8 Å². The fourth-order valence-electron chi connectivity index (χ4n) is 4.66. The first-order valence-corrected chi connectivity index (χ1v) is 10.4. The number of benzene rings is 2. The molecule has 1 aromatic heterocycles. The summed E-state index contributed by atoms with van der Waals surface area (Å²) in [6.07, 6.45) is 0.743. The van der Waals surface area contributed by atoms with E-state index in [1.807, 2.05) is 43.4 Å². The molecule has 0 aliphatic carbocycles. The molecule has 0 spiro atoms. The molecule has 0 radical (unpaired) electrons. The third-order valence-electron chi connectivity index (χ3n) is 6.20. The molecule has 3 aromatic rings. The lowest BCUT2D eigenvalue weighted by atomic mass is 9.87. The van der Waals surface area contributed by atoms with Gasteiger partial charge >= 0.3 is 5.69 Å². The first-order chi connectivity index (χ1) is 15.5. The molecule has 0 fully saturated rings. The van der Waals surface area contributed by atoms with Crippen LogP contribution in [0.3, 0.4) is 0 Å². The second kappa shape index (κ2) is 7.76. The van der Waals surface area contributed by atoms with E-state index in [9.17, 15) is 14.7 Å². The molecule has 2 aromatic carbocycles. The minimum atomic E-state index is -0.661. The van der Waals surface area contributed by atoms with Gasteiger partial charge in [-0.05, 0) is 17.2 Å². The first-order valence-electron chi connectivity index (χ1n) is 10.4. The normalized spacial score (nSPS) is 18.9. The van der Waals surface area contributed by atoms with Gasteiger partial charge in [0.2, 0.25) is 18.4 Å². The van der Waals surface area contributed by atoms with E-state index < -0.39 is 17.3 Å². The van der Waals surface area contributed by atoms with Crippen molar-refractivity contribution < 1.29 is 24.2 Å². The number of nitrogens with one attached hydrogen (secondary N) is 2. The molecule has 32 heavy (non-hydrogen) atoms. The number of aromatic hydroxyl groups is 1. The summed E-state index contributed by atoms with van der Waals surface area (Å²) < 4.78 is 18.1. The van der Waals surface area contributed by atoms with Crippen molar-refractivity contribution in [2.75, 3.05) is 27.5 Å². The molecular formula is C23H24N3O6+. The predicted octanol–water partition coefficient (Wildman–Crippen LogP) is 0.188. The molecule has 0 saturated carbocycles. The number of likely N-dealkylation sites (N-methyl/N-ethyl adjacent to an activating group) is 1. The van der Waals surface area contributed by atoms with E-state index in [4.69, 9.17) is 14.2 Å².